The van der Waals surface area contributed by atoms with Crippen molar-refractivity contribution >= 4 is 17.8 Å². The Balaban J connectivity index is 3.29. The molecular formula is C14H18N2O5. The van der Waals surface area contributed by atoms with E-state index in [1.54, 1.807) is 19.1 Å². The number of rotatable bonds is 7. The lowest BCUT2D eigenvalue weighted by Gasteiger charge is -2.28. The number of primary amides is 1. The van der Waals surface area contributed by atoms with Crippen molar-refractivity contribution in [3.63, 3.8) is 0 Å². The molecule has 0 aromatic heterocycles. The van der Waals surface area contributed by atoms with Gasteiger partial charge in [-0.1, -0.05) is 18.2 Å². The number of hydrogen-bond acceptors (Lipinski definition) is 4. The van der Waals surface area contributed by atoms with Crippen molar-refractivity contribution in [1.82, 2.24) is 4.90 Å². The minimum absolute atomic E-state index is 0.519. The lowest BCUT2D eigenvalue weighted by molar-refractivity contribution is -0.143. The monoisotopic (exact) mass is 294 g/mol. The average Bonchev–Trinajstić information content (AvgIpc) is 2.32. The number of carbonyl (C=O) groups is 3. The number of amides is 1. The van der Waals surface area contributed by atoms with Gasteiger partial charge in [0.1, 0.15) is 6.04 Å². The molecule has 1 aromatic rings. The van der Waals surface area contributed by atoms with Crippen LogP contribution in [-0.4, -0.2) is 46.0 Å². The van der Waals surface area contributed by atoms with Gasteiger partial charge in [0.25, 0.3) is 0 Å². The summed E-state index contributed by atoms with van der Waals surface area (Å²) >= 11 is 0. The zero-order valence-electron chi connectivity index (χ0n) is 11.9. The first-order chi connectivity index (χ1) is 9.73. The Morgan fingerprint density at radius 3 is 2.10 bits per heavy atom. The second-order valence-electron chi connectivity index (χ2n) is 4.79. The van der Waals surface area contributed by atoms with Crippen molar-refractivity contribution in [2.45, 2.75) is 19.9 Å². The van der Waals surface area contributed by atoms with E-state index in [1.165, 1.54) is 0 Å². The summed E-state index contributed by atoms with van der Waals surface area (Å²) in [7, 11) is 0. The van der Waals surface area contributed by atoms with Crippen molar-refractivity contribution in [2.75, 3.05) is 13.1 Å². The molecular weight excluding hydrogens is 276 g/mol. The lowest BCUT2D eigenvalue weighted by atomic mass is 9.96. The van der Waals surface area contributed by atoms with Crippen molar-refractivity contribution in [2.24, 2.45) is 5.73 Å². The molecule has 1 atom stereocenters. The summed E-state index contributed by atoms with van der Waals surface area (Å²) in [6.07, 6.45) is 0. The molecule has 1 aromatic carbocycles. The number of benzene rings is 1. The van der Waals surface area contributed by atoms with Crippen molar-refractivity contribution in [1.29, 1.82) is 0 Å². The maximum Gasteiger partial charge on any atom is 0.317 e. The first-order valence-electron chi connectivity index (χ1n) is 6.27. The number of carboxylic acid groups (broad SMARTS) is 2. The fourth-order valence-corrected chi connectivity index (χ4v) is 2.19. The van der Waals surface area contributed by atoms with Crippen LogP contribution in [0.3, 0.4) is 0 Å². The van der Waals surface area contributed by atoms with Crippen LogP contribution in [-0.2, 0) is 14.4 Å². The van der Waals surface area contributed by atoms with Gasteiger partial charge in [0.2, 0.25) is 5.91 Å². The van der Waals surface area contributed by atoms with Gasteiger partial charge in [0.15, 0.2) is 0 Å². The number of aryl methyl sites for hydroxylation is 1. The van der Waals surface area contributed by atoms with E-state index in [-0.39, 0.29) is 0 Å². The van der Waals surface area contributed by atoms with E-state index in [0.717, 1.165) is 16.0 Å². The maximum atomic E-state index is 11.8. The molecule has 7 heteroatoms. The smallest absolute Gasteiger partial charge is 0.317 e. The Labute approximate surface area is 122 Å². The number of nitrogens with two attached hydrogens (primary N) is 1. The average molecular weight is 294 g/mol. The standard InChI is InChI=1S/C14H18N2O5/c1-8-4-3-5-10(9(8)2)13(14(15)21)16(6-11(17)18)7-12(19)20/h3-5,13H,6-7H2,1-2H3,(H2,15,21)(H,17,18)(H,19,20). The largest absolute Gasteiger partial charge is 0.480 e. The van der Waals surface area contributed by atoms with E-state index < -0.39 is 37.0 Å². The molecule has 1 rings (SSSR count). The zero-order valence-corrected chi connectivity index (χ0v) is 11.9. The summed E-state index contributed by atoms with van der Waals surface area (Å²) in [5.41, 5.74) is 7.58. The van der Waals surface area contributed by atoms with Crippen LogP contribution in [0.5, 0.6) is 0 Å². The number of carboxylic acids is 2. The van der Waals surface area contributed by atoms with E-state index in [4.69, 9.17) is 15.9 Å². The number of hydrogen-bond donors (Lipinski definition) is 3. The molecule has 0 aliphatic carbocycles. The molecule has 0 heterocycles. The summed E-state index contributed by atoms with van der Waals surface area (Å²) in [5, 5.41) is 17.8. The van der Waals surface area contributed by atoms with Gasteiger partial charge in [-0.05, 0) is 30.5 Å². The molecule has 0 spiro atoms. The van der Waals surface area contributed by atoms with Crippen LogP contribution in [0.25, 0.3) is 0 Å². The Morgan fingerprint density at radius 2 is 1.67 bits per heavy atom. The van der Waals surface area contributed by atoms with Crippen LogP contribution < -0.4 is 5.73 Å². The number of nitrogens with zero attached hydrogens (tertiary/aromatic N) is 1. The third-order valence-corrected chi connectivity index (χ3v) is 3.25. The van der Waals surface area contributed by atoms with Gasteiger partial charge in [0, 0.05) is 0 Å². The van der Waals surface area contributed by atoms with Crippen LogP contribution >= 0.6 is 0 Å². The van der Waals surface area contributed by atoms with E-state index in [9.17, 15) is 14.4 Å². The third-order valence-electron chi connectivity index (χ3n) is 3.25. The molecule has 0 aliphatic heterocycles. The number of aliphatic carboxylic acids is 2. The van der Waals surface area contributed by atoms with Crippen molar-refractivity contribution in [3.05, 3.63) is 34.9 Å². The van der Waals surface area contributed by atoms with Crippen LogP contribution in [0.4, 0.5) is 0 Å². The Kier molecular flexibility index (Phi) is 5.43. The summed E-state index contributed by atoms with van der Waals surface area (Å²) in [4.78, 5) is 34.6. The van der Waals surface area contributed by atoms with E-state index in [0.29, 0.717) is 5.56 Å². The summed E-state index contributed by atoms with van der Waals surface area (Å²) < 4.78 is 0. The van der Waals surface area contributed by atoms with Crippen LogP contribution in [0.1, 0.15) is 22.7 Å². The third kappa shape index (κ3) is 4.28. The topological polar surface area (TPSA) is 121 Å². The van der Waals surface area contributed by atoms with Gasteiger partial charge in [-0.15, -0.1) is 0 Å². The highest BCUT2D eigenvalue weighted by Gasteiger charge is 2.30. The molecule has 4 N–H and O–H groups in total. The molecule has 0 bridgehead atoms. The molecule has 0 saturated heterocycles. The highest BCUT2D eigenvalue weighted by molar-refractivity contribution is 5.84. The first-order valence-corrected chi connectivity index (χ1v) is 6.27. The second kappa shape index (κ2) is 6.85. The minimum Gasteiger partial charge on any atom is -0.480 e. The Hall–Kier alpha value is -2.41. The van der Waals surface area contributed by atoms with Gasteiger partial charge in [-0.25, -0.2) is 0 Å². The van der Waals surface area contributed by atoms with Gasteiger partial charge < -0.3 is 15.9 Å². The minimum atomic E-state index is -1.23. The molecule has 7 nitrogen and oxygen atoms in total. The summed E-state index contributed by atoms with van der Waals surface area (Å²) in [5.74, 6) is -3.24. The number of carbonyl (C=O) groups excluding carboxylic acids is 1. The summed E-state index contributed by atoms with van der Waals surface area (Å²) in [6, 6.07) is 4.11. The molecule has 0 aliphatic rings. The van der Waals surface area contributed by atoms with Gasteiger partial charge >= 0.3 is 11.9 Å². The predicted octanol–water partition coefficient (Wildman–Crippen LogP) is 0.301. The van der Waals surface area contributed by atoms with E-state index >= 15 is 0 Å². The SMILES string of the molecule is Cc1cccc(C(C(N)=O)N(CC(=O)O)CC(=O)O)c1C. The van der Waals surface area contributed by atoms with E-state index in [1.807, 2.05) is 13.0 Å². The van der Waals surface area contributed by atoms with Gasteiger partial charge in [-0.3, -0.25) is 19.3 Å². The highest BCUT2D eigenvalue weighted by atomic mass is 16.4. The molecule has 0 radical (unpaired) electrons. The molecule has 1 amide bonds. The first kappa shape index (κ1) is 16.6. The van der Waals surface area contributed by atoms with Crippen molar-refractivity contribution < 1.29 is 24.6 Å². The molecule has 0 saturated carbocycles. The normalized spacial score (nSPS) is 12.1. The van der Waals surface area contributed by atoms with Gasteiger partial charge in [-0.2, -0.15) is 0 Å². The van der Waals surface area contributed by atoms with Crippen LogP contribution in [0, 0.1) is 13.8 Å². The van der Waals surface area contributed by atoms with Gasteiger partial charge in [0.05, 0.1) is 13.1 Å². The zero-order chi connectivity index (χ0) is 16.2. The van der Waals surface area contributed by atoms with Crippen LogP contribution in [0.15, 0.2) is 18.2 Å². The Morgan fingerprint density at radius 1 is 1.14 bits per heavy atom. The second-order valence-corrected chi connectivity index (χ2v) is 4.79. The van der Waals surface area contributed by atoms with Crippen LogP contribution in [0.2, 0.25) is 0 Å². The predicted molar refractivity (Wildman–Crippen MR) is 74.7 cm³/mol. The molecule has 0 fully saturated rings. The quantitative estimate of drug-likeness (QED) is 0.665. The fourth-order valence-electron chi connectivity index (χ4n) is 2.19. The molecule has 21 heavy (non-hydrogen) atoms. The molecule has 114 valence electrons. The van der Waals surface area contributed by atoms with E-state index in [2.05, 4.69) is 0 Å². The van der Waals surface area contributed by atoms with Crippen molar-refractivity contribution in [3.8, 4) is 0 Å². The summed E-state index contributed by atoms with van der Waals surface area (Å²) in [6.45, 7) is 2.44. The molecule has 1 unspecified atom stereocenters. The Bertz CT molecular complexity index is 554. The lowest BCUT2D eigenvalue weighted by Crippen LogP contribution is -2.43. The fraction of sp³-hybridized carbons (Fsp3) is 0.357. The maximum absolute atomic E-state index is 11.8. The highest BCUT2D eigenvalue weighted by Crippen LogP contribution is 2.25.